The van der Waals surface area contributed by atoms with Gasteiger partial charge in [0.1, 0.15) is 0 Å². The van der Waals surface area contributed by atoms with E-state index >= 15 is 0 Å². The second-order valence-corrected chi connectivity index (χ2v) is 7.10. The molecule has 1 atom stereocenters. The zero-order valence-corrected chi connectivity index (χ0v) is 16.5. The molecule has 1 aromatic carbocycles. The molecule has 0 aromatic heterocycles. The van der Waals surface area contributed by atoms with Crippen LogP contribution in [0.5, 0.6) is 0 Å². The van der Waals surface area contributed by atoms with E-state index in [1.54, 1.807) is 0 Å². The molecule has 1 fully saturated rings. The van der Waals surface area contributed by atoms with Gasteiger partial charge in [-0.15, -0.1) is 0 Å². The zero-order chi connectivity index (χ0) is 18.6. The van der Waals surface area contributed by atoms with Crippen LogP contribution in [0.2, 0.25) is 0 Å². The Morgan fingerprint density at radius 3 is 2.54 bits per heavy atom. The molecule has 2 rings (SSSR count). The molecule has 0 radical (unpaired) electrons. The summed E-state index contributed by atoms with van der Waals surface area (Å²) in [5.74, 6) is 1.72. The molecule has 1 heterocycles. The molecule has 0 saturated carbocycles. The maximum atomic E-state index is 9.70. The Bertz CT molecular complexity index is 512. The van der Waals surface area contributed by atoms with Gasteiger partial charge in [0.2, 0.25) is 0 Å². The van der Waals surface area contributed by atoms with Crippen LogP contribution in [0.3, 0.4) is 0 Å². The van der Waals surface area contributed by atoms with Crippen molar-refractivity contribution in [1.29, 1.82) is 0 Å². The van der Waals surface area contributed by atoms with Crippen LogP contribution in [-0.4, -0.2) is 61.8 Å². The second kappa shape index (κ2) is 11.9. The molecule has 1 aliphatic rings. The lowest BCUT2D eigenvalue weighted by molar-refractivity contribution is 0.187. The first-order chi connectivity index (χ1) is 12.8. The van der Waals surface area contributed by atoms with Crippen LogP contribution in [0.25, 0.3) is 0 Å². The average molecular weight is 361 g/mol. The van der Waals surface area contributed by atoms with Gasteiger partial charge in [-0.2, -0.15) is 0 Å². The van der Waals surface area contributed by atoms with Crippen LogP contribution in [0.4, 0.5) is 0 Å². The molecule has 3 N–H and O–H groups in total. The highest BCUT2D eigenvalue weighted by Gasteiger charge is 2.17. The van der Waals surface area contributed by atoms with Crippen LogP contribution in [-0.2, 0) is 0 Å². The lowest BCUT2D eigenvalue weighted by atomic mass is 9.93. The van der Waals surface area contributed by atoms with E-state index in [1.165, 1.54) is 38.9 Å². The van der Waals surface area contributed by atoms with Crippen LogP contribution in [0, 0.1) is 5.92 Å². The lowest BCUT2D eigenvalue weighted by Crippen LogP contribution is -2.39. The van der Waals surface area contributed by atoms with Gasteiger partial charge < -0.3 is 20.6 Å². The third-order valence-electron chi connectivity index (χ3n) is 5.30. The third-order valence-corrected chi connectivity index (χ3v) is 5.30. The van der Waals surface area contributed by atoms with Gasteiger partial charge in [0.05, 0.1) is 13.2 Å². The number of benzene rings is 1. The van der Waals surface area contributed by atoms with Crippen molar-refractivity contribution >= 4 is 5.96 Å². The van der Waals surface area contributed by atoms with Crippen LogP contribution >= 0.6 is 0 Å². The van der Waals surface area contributed by atoms with E-state index in [2.05, 4.69) is 41.5 Å². The molecule has 1 aliphatic heterocycles. The molecule has 0 bridgehead atoms. The van der Waals surface area contributed by atoms with Crippen molar-refractivity contribution in [3.05, 3.63) is 35.9 Å². The first kappa shape index (κ1) is 20.7. The van der Waals surface area contributed by atoms with Crippen molar-refractivity contribution in [2.45, 2.75) is 39.0 Å². The normalized spacial score (nSPS) is 17.9. The van der Waals surface area contributed by atoms with Crippen LogP contribution in [0.15, 0.2) is 35.3 Å². The third kappa shape index (κ3) is 6.96. The Kier molecular flexibility index (Phi) is 9.50. The molecule has 1 saturated heterocycles. The number of hydrogen-bond acceptors (Lipinski definition) is 3. The first-order valence-corrected chi connectivity index (χ1v) is 10.2. The topological polar surface area (TPSA) is 59.9 Å². The fourth-order valence-electron chi connectivity index (χ4n) is 3.52. The summed E-state index contributed by atoms with van der Waals surface area (Å²) in [6, 6.07) is 10.1. The van der Waals surface area contributed by atoms with E-state index in [9.17, 15) is 5.11 Å². The highest BCUT2D eigenvalue weighted by Crippen LogP contribution is 2.19. The number of aliphatic imine (C=N–C) groups is 1. The monoisotopic (exact) mass is 360 g/mol. The van der Waals surface area contributed by atoms with Gasteiger partial charge in [-0.25, -0.2) is 0 Å². The highest BCUT2D eigenvalue weighted by molar-refractivity contribution is 5.79. The quantitative estimate of drug-likeness (QED) is 0.468. The fraction of sp³-hybridized carbons (Fsp3) is 0.667. The van der Waals surface area contributed by atoms with Gasteiger partial charge in [0, 0.05) is 19.0 Å². The second-order valence-electron chi connectivity index (χ2n) is 7.10. The number of likely N-dealkylation sites (tertiary alicyclic amines) is 1. The van der Waals surface area contributed by atoms with Crippen molar-refractivity contribution in [2.24, 2.45) is 10.9 Å². The van der Waals surface area contributed by atoms with E-state index in [4.69, 9.17) is 4.99 Å². The van der Waals surface area contributed by atoms with Crippen LogP contribution in [0.1, 0.15) is 44.6 Å². The smallest absolute Gasteiger partial charge is 0.191 e. The molecule has 26 heavy (non-hydrogen) atoms. The van der Waals surface area contributed by atoms with Crippen molar-refractivity contribution in [3.8, 4) is 0 Å². The van der Waals surface area contributed by atoms with Gasteiger partial charge in [0.25, 0.3) is 0 Å². The molecular weight excluding hydrogens is 324 g/mol. The Labute approximate surface area is 158 Å². The molecule has 5 heteroatoms. The van der Waals surface area contributed by atoms with Crippen molar-refractivity contribution in [3.63, 3.8) is 0 Å². The molecule has 146 valence electrons. The summed E-state index contributed by atoms with van der Waals surface area (Å²) in [5, 5.41) is 16.5. The first-order valence-electron chi connectivity index (χ1n) is 10.2. The highest BCUT2D eigenvalue weighted by atomic mass is 16.3. The maximum Gasteiger partial charge on any atom is 0.191 e. The Morgan fingerprint density at radius 2 is 1.92 bits per heavy atom. The number of nitrogens with one attached hydrogen (secondary N) is 2. The summed E-state index contributed by atoms with van der Waals surface area (Å²) in [6.07, 6.45) is 3.82. The minimum absolute atomic E-state index is 0.0463. The van der Waals surface area contributed by atoms with Crippen molar-refractivity contribution in [1.82, 2.24) is 15.5 Å². The number of piperidine rings is 1. The number of guanidine groups is 1. The largest absolute Gasteiger partial charge is 0.396 e. The molecule has 1 unspecified atom stereocenters. The van der Waals surface area contributed by atoms with Gasteiger partial charge in [-0.05, 0) is 57.3 Å². The molecule has 0 aliphatic carbocycles. The summed E-state index contributed by atoms with van der Waals surface area (Å²) < 4.78 is 0. The predicted molar refractivity (Wildman–Crippen MR) is 110 cm³/mol. The van der Waals surface area contributed by atoms with E-state index in [0.29, 0.717) is 6.54 Å². The SMILES string of the molecule is CCNC(=NCC(CO)c1ccccc1)NCCC1CCN(CC)CC1. The summed E-state index contributed by atoms with van der Waals surface area (Å²) in [4.78, 5) is 7.23. The fourth-order valence-corrected chi connectivity index (χ4v) is 3.52. The molecule has 0 spiro atoms. The van der Waals surface area contributed by atoms with Gasteiger partial charge >= 0.3 is 0 Å². The Morgan fingerprint density at radius 1 is 1.19 bits per heavy atom. The zero-order valence-electron chi connectivity index (χ0n) is 16.5. The molecular formula is C21H36N4O. The molecule has 1 aromatic rings. The van der Waals surface area contributed by atoms with Crippen LogP contribution < -0.4 is 10.6 Å². The predicted octanol–water partition coefficient (Wildman–Crippen LogP) is 2.44. The summed E-state index contributed by atoms with van der Waals surface area (Å²) >= 11 is 0. The number of rotatable bonds is 9. The lowest BCUT2D eigenvalue weighted by Gasteiger charge is -2.31. The minimum Gasteiger partial charge on any atom is -0.396 e. The Balaban J connectivity index is 1.79. The van der Waals surface area contributed by atoms with Gasteiger partial charge in [-0.1, -0.05) is 37.3 Å². The van der Waals surface area contributed by atoms with Crippen molar-refractivity contribution < 1.29 is 5.11 Å². The van der Waals surface area contributed by atoms with E-state index in [-0.39, 0.29) is 12.5 Å². The molecule has 0 amide bonds. The Hall–Kier alpha value is -1.59. The standard InChI is InChI=1S/C21H36N4O/c1-3-22-21(23-13-10-18-11-14-25(4-2)15-12-18)24-16-20(17-26)19-8-6-5-7-9-19/h5-9,18,20,26H,3-4,10-17H2,1-2H3,(H2,22,23,24). The number of aliphatic hydroxyl groups is 1. The summed E-state index contributed by atoms with van der Waals surface area (Å²) in [6.45, 7) is 10.5. The summed E-state index contributed by atoms with van der Waals surface area (Å²) in [5.41, 5.74) is 1.14. The molecule has 5 nitrogen and oxygen atoms in total. The average Bonchev–Trinajstić information content (AvgIpc) is 2.69. The van der Waals surface area contributed by atoms with Gasteiger partial charge in [0.15, 0.2) is 5.96 Å². The number of nitrogens with zero attached hydrogens (tertiary/aromatic N) is 2. The van der Waals surface area contributed by atoms with Crippen molar-refractivity contribution in [2.75, 3.05) is 45.9 Å². The van der Waals surface area contributed by atoms with E-state index in [0.717, 1.165) is 30.5 Å². The number of aliphatic hydroxyl groups excluding tert-OH is 1. The van der Waals surface area contributed by atoms with E-state index < -0.39 is 0 Å². The van der Waals surface area contributed by atoms with Gasteiger partial charge in [-0.3, -0.25) is 4.99 Å². The number of hydrogen-bond donors (Lipinski definition) is 3. The minimum atomic E-state index is 0.0463. The maximum absolute atomic E-state index is 9.70. The summed E-state index contributed by atoms with van der Waals surface area (Å²) in [7, 11) is 0. The van der Waals surface area contributed by atoms with E-state index in [1.807, 2.05) is 18.2 Å².